The molecule has 2 N–H and O–H groups in total. The molecule has 0 spiro atoms. The van der Waals surface area contributed by atoms with Gasteiger partial charge in [0.25, 0.3) is 0 Å². The van der Waals surface area contributed by atoms with Gasteiger partial charge in [0.05, 0.1) is 12.2 Å². The van der Waals surface area contributed by atoms with E-state index in [1.54, 1.807) is 6.20 Å². The molecular formula is C18H19N5. The molecule has 3 rings (SSSR count). The van der Waals surface area contributed by atoms with Gasteiger partial charge in [-0.2, -0.15) is 4.98 Å². The summed E-state index contributed by atoms with van der Waals surface area (Å²) in [6, 6.07) is 18.0. The van der Waals surface area contributed by atoms with Gasteiger partial charge in [-0.15, -0.1) is 0 Å². The number of rotatable bonds is 6. The van der Waals surface area contributed by atoms with Crippen LogP contribution >= 0.6 is 0 Å². The lowest BCUT2D eigenvalue weighted by Crippen LogP contribution is -2.08. The summed E-state index contributed by atoms with van der Waals surface area (Å²) >= 11 is 0. The number of nitrogens with one attached hydrogen (secondary N) is 2. The topological polar surface area (TPSA) is 62.7 Å². The van der Waals surface area contributed by atoms with Gasteiger partial charge in [0.2, 0.25) is 5.95 Å². The molecule has 0 aliphatic rings. The van der Waals surface area contributed by atoms with E-state index in [1.807, 2.05) is 49.4 Å². The number of pyridine rings is 1. The monoisotopic (exact) mass is 305 g/mol. The molecule has 0 fully saturated rings. The zero-order valence-corrected chi connectivity index (χ0v) is 13.0. The number of aryl methyl sites for hydroxylation is 1. The predicted molar refractivity (Wildman–Crippen MR) is 92.1 cm³/mol. The van der Waals surface area contributed by atoms with Crippen LogP contribution in [0.3, 0.4) is 0 Å². The third-order valence-electron chi connectivity index (χ3n) is 3.32. The fraction of sp³-hybridized carbons (Fsp3) is 0.167. The maximum atomic E-state index is 4.50. The molecule has 5 heteroatoms. The Labute approximate surface area is 135 Å². The Morgan fingerprint density at radius 2 is 1.70 bits per heavy atom. The van der Waals surface area contributed by atoms with Gasteiger partial charge in [-0.1, -0.05) is 36.4 Å². The van der Waals surface area contributed by atoms with Crippen LogP contribution in [0.1, 0.15) is 17.0 Å². The van der Waals surface area contributed by atoms with E-state index in [1.165, 1.54) is 5.56 Å². The molecular weight excluding hydrogens is 286 g/mol. The van der Waals surface area contributed by atoms with Crippen molar-refractivity contribution in [3.05, 3.63) is 77.7 Å². The van der Waals surface area contributed by atoms with Crippen molar-refractivity contribution in [1.29, 1.82) is 0 Å². The fourth-order valence-electron chi connectivity index (χ4n) is 2.20. The summed E-state index contributed by atoms with van der Waals surface area (Å²) in [7, 11) is 0. The maximum absolute atomic E-state index is 4.50. The van der Waals surface area contributed by atoms with Crippen molar-refractivity contribution >= 4 is 11.8 Å². The van der Waals surface area contributed by atoms with Crippen molar-refractivity contribution in [2.45, 2.75) is 20.0 Å². The zero-order valence-electron chi connectivity index (χ0n) is 13.0. The molecule has 0 bridgehead atoms. The summed E-state index contributed by atoms with van der Waals surface area (Å²) in [5, 5.41) is 6.55. The minimum absolute atomic E-state index is 0.600. The summed E-state index contributed by atoms with van der Waals surface area (Å²) in [6.07, 6.45) is 1.78. The molecule has 5 nitrogen and oxygen atoms in total. The average Bonchev–Trinajstić information content (AvgIpc) is 2.60. The van der Waals surface area contributed by atoms with Gasteiger partial charge in [-0.3, -0.25) is 4.98 Å². The van der Waals surface area contributed by atoms with Crippen molar-refractivity contribution in [3.8, 4) is 0 Å². The highest BCUT2D eigenvalue weighted by atomic mass is 15.1. The molecule has 116 valence electrons. The van der Waals surface area contributed by atoms with Gasteiger partial charge in [0.15, 0.2) is 0 Å². The largest absolute Gasteiger partial charge is 0.366 e. The maximum Gasteiger partial charge on any atom is 0.225 e. The molecule has 0 atom stereocenters. The Morgan fingerprint density at radius 3 is 2.48 bits per heavy atom. The van der Waals surface area contributed by atoms with E-state index in [4.69, 9.17) is 0 Å². The number of hydrogen-bond donors (Lipinski definition) is 2. The van der Waals surface area contributed by atoms with Crippen LogP contribution in [0.5, 0.6) is 0 Å². The van der Waals surface area contributed by atoms with Gasteiger partial charge >= 0.3 is 0 Å². The van der Waals surface area contributed by atoms with Gasteiger partial charge in [0.1, 0.15) is 5.82 Å². The Kier molecular flexibility index (Phi) is 4.79. The molecule has 0 amide bonds. The van der Waals surface area contributed by atoms with Crippen molar-refractivity contribution in [2.24, 2.45) is 0 Å². The van der Waals surface area contributed by atoms with Crippen molar-refractivity contribution < 1.29 is 0 Å². The molecule has 1 aromatic carbocycles. The molecule has 0 saturated heterocycles. The molecule has 0 saturated carbocycles. The number of hydrogen-bond acceptors (Lipinski definition) is 5. The quantitative estimate of drug-likeness (QED) is 0.731. The minimum atomic E-state index is 0.600. The lowest BCUT2D eigenvalue weighted by molar-refractivity contribution is 0.982. The second-order valence-electron chi connectivity index (χ2n) is 5.23. The van der Waals surface area contributed by atoms with Gasteiger partial charge in [-0.25, -0.2) is 4.98 Å². The summed E-state index contributed by atoms with van der Waals surface area (Å²) in [5.41, 5.74) is 3.09. The molecule has 0 aliphatic carbocycles. The number of benzene rings is 1. The molecule has 3 aromatic rings. The van der Waals surface area contributed by atoms with Crippen molar-refractivity contribution in [1.82, 2.24) is 15.0 Å². The Hall–Kier alpha value is -2.95. The summed E-state index contributed by atoms with van der Waals surface area (Å²) in [6.45, 7) is 3.29. The Morgan fingerprint density at radius 1 is 0.870 bits per heavy atom. The third kappa shape index (κ3) is 4.51. The second-order valence-corrected chi connectivity index (χ2v) is 5.23. The molecule has 0 radical (unpaired) electrons. The van der Waals surface area contributed by atoms with Crippen LogP contribution in [0.15, 0.2) is 60.8 Å². The predicted octanol–water partition coefficient (Wildman–Crippen LogP) is 3.40. The highest BCUT2D eigenvalue weighted by molar-refractivity contribution is 5.42. The fourth-order valence-corrected chi connectivity index (χ4v) is 2.20. The van der Waals surface area contributed by atoms with Crippen LogP contribution in [-0.2, 0) is 13.1 Å². The highest BCUT2D eigenvalue weighted by Gasteiger charge is 2.03. The summed E-state index contributed by atoms with van der Waals surface area (Å²) < 4.78 is 0. The van der Waals surface area contributed by atoms with E-state index in [2.05, 4.69) is 37.7 Å². The third-order valence-corrected chi connectivity index (χ3v) is 3.32. The van der Waals surface area contributed by atoms with E-state index >= 15 is 0 Å². The van der Waals surface area contributed by atoms with Gasteiger partial charge < -0.3 is 10.6 Å². The molecule has 0 aliphatic heterocycles. The van der Waals surface area contributed by atoms with Crippen molar-refractivity contribution in [3.63, 3.8) is 0 Å². The SMILES string of the molecule is Cc1cc(NCc2ccccc2)nc(NCc2ccccn2)n1. The second kappa shape index (κ2) is 7.35. The van der Waals surface area contributed by atoms with E-state index in [-0.39, 0.29) is 0 Å². The molecule has 0 unspecified atom stereocenters. The Bertz CT molecular complexity index is 682. The Balaban J connectivity index is 1.64. The summed E-state index contributed by atoms with van der Waals surface area (Å²) in [5.74, 6) is 1.41. The zero-order chi connectivity index (χ0) is 15.9. The van der Waals surface area contributed by atoms with Crippen LogP contribution in [0.25, 0.3) is 0 Å². The number of aromatic nitrogens is 3. The highest BCUT2D eigenvalue weighted by Crippen LogP contribution is 2.12. The van der Waals surface area contributed by atoms with E-state index in [9.17, 15) is 0 Å². The molecule has 2 aromatic heterocycles. The number of nitrogens with zero attached hydrogens (tertiary/aromatic N) is 3. The van der Waals surface area contributed by atoms with Crippen LogP contribution in [0, 0.1) is 6.92 Å². The van der Waals surface area contributed by atoms with Gasteiger partial charge in [-0.05, 0) is 24.6 Å². The minimum Gasteiger partial charge on any atom is -0.366 e. The van der Waals surface area contributed by atoms with Crippen LogP contribution < -0.4 is 10.6 Å². The summed E-state index contributed by atoms with van der Waals surface area (Å²) in [4.78, 5) is 13.2. The van der Waals surface area contributed by atoms with Crippen molar-refractivity contribution in [2.75, 3.05) is 10.6 Å². The molecule has 23 heavy (non-hydrogen) atoms. The first kappa shape index (κ1) is 15.0. The van der Waals surface area contributed by atoms with E-state index in [0.717, 1.165) is 23.8 Å². The first-order valence-electron chi connectivity index (χ1n) is 7.57. The molecule has 2 heterocycles. The van der Waals surface area contributed by atoms with Crippen LogP contribution in [0.4, 0.5) is 11.8 Å². The standard InChI is InChI=1S/C18H19N5/c1-14-11-17(20-12-15-7-3-2-4-8-15)23-18(22-14)21-13-16-9-5-6-10-19-16/h2-11H,12-13H2,1H3,(H2,20,21,22,23). The van der Waals surface area contributed by atoms with Gasteiger partial charge in [0, 0.05) is 24.5 Å². The average molecular weight is 305 g/mol. The normalized spacial score (nSPS) is 10.3. The lowest BCUT2D eigenvalue weighted by atomic mass is 10.2. The smallest absolute Gasteiger partial charge is 0.225 e. The van der Waals surface area contributed by atoms with Crippen LogP contribution in [0.2, 0.25) is 0 Å². The first-order valence-corrected chi connectivity index (χ1v) is 7.57. The number of anilines is 2. The lowest BCUT2D eigenvalue weighted by Gasteiger charge is -2.10. The van der Waals surface area contributed by atoms with Crippen LogP contribution in [-0.4, -0.2) is 15.0 Å². The van der Waals surface area contributed by atoms with E-state index in [0.29, 0.717) is 12.5 Å². The van der Waals surface area contributed by atoms with E-state index < -0.39 is 0 Å². The first-order chi connectivity index (χ1) is 11.3.